The Hall–Kier alpha value is -0.440. The average Bonchev–Trinajstić information content (AvgIpc) is 2.14. The monoisotopic (exact) mass is 220 g/mol. The van der Waals surface area contributed by atoms with E-state index in [9.17, 15) is 13.9 Å². The van der Waals surface area contributed by atoms with Crippen LogP contribution in [0.1, 0.15) is 53.4 Å². The number of hydrogen-bond donors (Lipinski definition) is 1. The Balaban J connectivity index is 4.36. The summed E-state index contributed by atoms with van der Waals surface area (Å²) in [5.74, 6) is -1.80. The van der Waals surface area contributed by atoms with Crippen LogP contribution in [0.5, 0.6) is 0 Å². The minimum absolute atomic E-state index is 0.0901. The molecule has 0 saturated heterocycles. The molecule has 3 heteroatoms. The van der Waals surface area contributed by atoms with Crippen LogP contribution in [0, 0.1) is 5.41 Å². The van der Waals surface area contributed by atoms with E-state index in [2.05, 4.69) is 0 Å². The van der Waals surface area contributed by atoms with Crippen LogP contribution in [0.4, 0.5) is 8.78 Å². The second-order valence-corrected chi connectivity index (χ2v) is 4.98. The van der Waals surface area contributed by atoms with Gasteiger partial charge in [-0.25, -0.2) is 8.78 Å². The number of halogens is 2. The van der Waals surface area contributed by atoms with Crippen molar-refractivity contribution < 1.29 is 13.9 Å². The van der Waals surface area contributed by atoms with Gasteiger partial charge in [0.2, 0.25) is 0 Å². The van der Waals surface area contributed by atoms with Gasteiger partial charge >= 0.3 is 0 Å². The van der Waals surface area contributed by atoms with E-state index in [0.717, 1.165) is 12.8 Å². The minimum atomic E-state index is -1.35. The molecule has 1 atom stereocenters. The van der Waals surface area contributed by atoms with Gasteiger partial charge in [0.25, 0.3) is 0 Å². The largest absolute Gasteiger partial charge is 0.385 e. The number of allylic oxidation sites excluding steroid dienone is 1. The first-order valence-corrected chi connectivity index (χ1v) is 5.52. The Bertz CT molecular complexity index is 216. The van der Waals surface area contributed by atoms with Gasteiger partial charge in [0.05, 0.1) is 0 Å². The van der Waals surface area contributed by atoms with E-state index in [0.29, 0.717) is 6.42 Å². The Morgan fingerprint density at radius 1 is 1.20 bits per heavy atom. The molecule has 0 aromatic heterocycles. The molecule has 0 aliphatic heterocycles. The van der Waals surface area contributed by atoms with Crippen molar-refractivity contribution in [3.8, 4) is 0 Å². The smallest absolute Gasteiger partial charge is 0.160 e. The van der Waals surface area contributed by atoms with Crippen LogP contribution in [-0.4, -0.2) is 11.2 Å². The SMILES string of the molecule is CCCCC/C(F)=C(\F)C(O)C(C)(C)C. The van der Waals surface area contributed by atoms with E-state index >= 15 is 0 Å². The van der Waals surface area contributed by atoms with Gasteiger partial charge < -0.3 is 5.11 Å². The van der Waals surface area contributed by atoms with Crippen molar-refractivity contribution in [1.29, 1.82) is 0 Å². The average molecular weight is 220 g/mol. The highest BCUT2D eigenvalue weighted by Gasteiger charge is 2.28. The van der Waals surface area contributed by atoms with Crippen molar-refractivity contribution in [2.45, 2.75) is 59.5 Å². The maximum Gasteiger partial charge on any atom is 0.160 e. The summed E-state index contributed by atoms with van der Waals surface area (Å²) in [5, 5.41) is 9.51. The van der Waals surface area contributed by atoms with E-state index in [1.165, 1.54) is 0 Å². The highest BCUT2D eigenvalue weighted by molar-refractivity contribution is 5.08. The lowest BCUT2D eigenvalue weighted by Crippen LogP contribution is -2.27. The molecule has 1 N–H and O–H groups in total. The lowest BCUT2D eigenvalue weighted by Gasteiger charge is -2.24. The van der Waals surface area contributed by atoms with E-state index in [4.69, 9.17) is 0 Å². The number of rotatable bonds is 5. The number of unbranched alkanes of at least 4 members (excludes halogenated alkanes) is 2. The van der Waals surface area contributed by atoms with Gasteiger partial charge in [-0.05, 0) is 11.8 Å². The Labute approximate surface area is 91.2 Å². The molecule has 0 saturated carbocycles. The highest BCUT2D eigenvalue weighted by atomic mass is 19.2. The Kier molecular flexibility index (Phi) is 6.03. The molecule has 0 aliphatic rings. The van der Waals surface area contributed by atoms with Crippen LogP contribution in [-0.2, 0) is 0 Å². The van der Waals surface area contributed by atoms with Gasteiger partial charge in [-0.3, -0.25) is 0 Å². The molecule has 15 heavy (non-hydrogen) atoms. The zero-order valence-corrected chi connectivity index (χ0v) is 10.1. The summed E-state index contributed by atoms with van der Waals surface area (Å²) in [5.41, 5.74) is -0.661. The fourth-order valence-electron chi connectivity index (χ4n) is 1.18. The molecule has 0 spiro atoms. The summed E-state index contributed by atoms with van der Waals surface area (Å²) in [7, 11) is 0. The third kappa shape index (κ3) is 5.26. The first kappa shape index (κ1) is 14.6. The van der Waals surface area contributed by atoms with Crippen LogP contribution >= 0.6 is 0 Å². The molecule has 1 nitrogen and oxygen atoms in total. The summed E-state index contributed by atoms with van der Waals surface area (Å²) >= 11 is 0. The summed E-state index contributed by atoms with van der Waals surface area (Å²) in [4.78, 5) is 0. The maximum atomic E-state index is 13.4. The van der Waals surface area contributed by atoms with Crippen LogP contribution in [0.2, 0.25) is 0 Å². The van der Waals surface area contributed by atoms with Crippen molar-refractivity contribution in [3.63, 3.8) is 0 Å². The topological polar surface area (TPSA) is 20.2 Å². The van der Waals surface area contributed by atoms with Crippen molar-refractivity contribution in [3.05, 3.63) is 11.7 Å². The fraction of sp³-hybridized carbons (Fsp3) is 0.833. The summed E-state index contributed by atoms with van der Waals surface area (Å²) in [6, 6.07) is 0. The molecular weight excluding hydrogens is 198 g/mol. The Morgan fingerprint density at radius 3 is 2.13 bits per heavy atom. The Morgan fingerprint density at radius 2 is 1.73 bits per heavy atom. The fourth-order valence-corrected chi connectivity index (χ4v) is 1.18. The molecule has 0 fully saturated rings. The number of hydrogen-bond acceptors (Lipinski definition) is 1. The highest BCUT2D eigenvalue weighted by Crippen LogP contribution is 2.29. The van der Waals surface area contributed by atoms with Crippen LogP contribution in [0.25, 0.3) is 0 Å². The molecular formula is C12H22F2O. The molecule has 0 amide bonds. The van der Waals surface area contributed by atoms with E-state index < -0.39 is 23.2 Å². The van der Waals surface area contributed by atoms with Gasteiger partial charge in [-0.2, -0.15) is 0 Å². The van der Waals surface area contributed by atoms with Crippen LogP contribution < -0.4 is 0 Å². The van der Waals surface area contributed by atoms with Gasteiger partial charge in [-0.15, -0.1) is 0 Å². The molecule has 0 radical (unpaired) electrons. The molecule has 0 aromatic carbocycles. The van der Waals surface area contributed by atoms with Crippen molar-refractivity contribution in [2.24, 2.45) is 5.41 Å². The third-order valence-corrected chi connectivity index (χ3v) is 2.32. The predicted molar refractivity (Wildman–Crippen MR) is 58.8 cm³/mol. The third-order valence-electron chi connectivity index (χ3n) is 2.32. The molecule has 0 heterocycles. The van der Waals surface area contributed by atoms with Gasteiger partial charge in [-0.1, -0.05) is 40.5 Å². The molecule has 0 aromatic rings. The standard InChI is InChI=1S/C12H22F2O/c1-5-6-7-8-9(13)10(14)11(15)12(2,3)4/h11,15H,5-8H2,1-4H3/b10-9+. The van der Waals surface area contributed by atoms with E-state index in [1.54, 1.807) is 20.8 Å². The number of aliphatic hydroxyl groups excluding tert-OH is 1. The molecule has 0 rings (SSSR count). The second kappa shape index (κ2) is 6.21. The lowest BCUT2D eigenvalue weighted by molar-refractivity contribution is 0.0707. The number of aliphatic hydroxyl groups is 1. The zero-order chi connectivity index (χ0) is 12.1. The van der Waals surface area contributed by atoms with Crippen LogP contribution in [0.3, 0.4) is 0 Å². The summed E-state index contributed by atoms with van der Waals surface area (Å²) in [6.45, 7) is 7.03. The van der Waals surface area contributed by atoms with Crippen molar-refractivity contribution in [2.75, 3.05) is 0 Å². The molecule has 1 unspecified atom stereocenters. The first-order valence-electron chi connectivity index (χ1n) is 5.52. The van der Waals surface area contributed by atoms with Gasteiger partial charge in [0, 0.05) is 6.42 Å². The predicted octanol–water partition coefficient (Wildman–Crippen LogP) is 4.12. The van der Waals surface area contributed by atoms with Gasteiger partial charge in [0.1, 0.15) is 11.9 Å². The summed E-state index contributed by atoms with van der Waals surface area (Å²) in [6.07, 6.45) is 1.22. The van der Waals surface area contributed by atoms with Crippen molar-refractivity contribution >= 4 is 0 Å². The quantitative estimate of drug-likeness (QED) is 0.691. The van der Waals surface area contributed by atoms with E-state index in [1.807, 2.05) is 6.92 Å². The second-order valence-electron chi connectivity index (χ2n) is 4.98. The maximum absolute atomic E-state index is 13.4. The first-order chi connectivity index (χ1) is 6.80. The van der Waals surface area contributed by atoms with Gasteiger partial charge in [0.15, 0.2) is 5.83 Å². The lowest BCUT2D eigenvalue weighted by atomic mass is 9.88. The van der Waals surface area contributed by atoms with Crippen molar-refractivity contribution in [1.82, 2.24) is 0 Å². The summed E-state index contributed by atoms with van der Waals surface area (Å²) < 4.78 is 26.6. The van der Waals surface area contributed by atoms with E-state index in [-0.39, 0.29) is 6.42 Å². The molecule has 0 bridgehead atoms. The molecule has 0 aliphatic carbocycles. The minimum Gasteiger partial charge on any atom is -0.385 e. The normalized spacial score (nSPS) is 16.2. The van der Waals surface area contributed by atoms with Crippen LogP contribution in [0.15, 0.2) is 11.7 Å². The zero-order valence-electron chi connectivity index (χ0n) is 10.1. The molecule has 90 valence electrons.